The second kappa shape index (κ2) is 7.20. The number of hydrogen-bond acceptors (Lipinski definition) is 5. The van der Waals surface area contributed by atoms with E-state index in [1.807, 2.05) is 6.07 Å². The van der Waals surface area contributed by atoms with Crippen LogP contribution in [0.2, 0.25) is 0 Å². The second-order valence-corrected chi connectivity index (χ2v) is 7.76. The minimum Gasteiger partial charge on any atom is -0.460 e. The van der Waals surface area contributed by atoms with Crippen molar-refractivity contribution in [2.45, 2.75) is 24.2 Å². The number of hydrogen-bond donors (Lipinski definition) is 2. The molecule has 7 nitrogen and oxygen atoms in total. The average Bonchev–Trinajstić information content (AvgIpc) is 3.15. The first-order valence-electron chi connectivity index (χ1n) is 7.92. The lowest BCUT2D eigenvalue weighted by Gasteiger charge is -2.05. The lowest BCUT2D eigenvalue weighted by atomic mass is 10.3. The van der Waals surface area contributed by atoms with Crippen LogP contribution >= 0.6 is 0 Å². The minimum atomic E-state index is -3.72. The summed E-state index contributed by atoms with van der Waals surface area (Å²) in [5.74, 6) is 2.02. The van der Waals surface area contributed by atoms with Gasteiger partial charge in [-0.25, -0.2) is 18.6 Å². The number of rotatable bonds is 7. The zero-order valence-corrected chi connectivity index (χ0v) is 14.5. The van der Waals surface area contributed by atoms with Crippen molar-refractivity contribution in [2.75, 3.05) is 6.54 Å². The van der Waals surface area contributed by atoms with E-state index in [9.17, 15) is 13.2 Å². The maximum absolute atomic E-state index is 12.0. The van der Waals surface area contributed by atoms with Crippen LogP contribution in [0.1, 0.15) is 30.8 Å². The Morgan fingerprint density at radius 3 is 2.68 bits per heavy atom. The fourth-order valence-corrected chi connectivity index (χ4v) is 3.41. The molecule has 1 aliphatic rings. The Balaban J connectivity index is 1.47. The average molecular weight is 361 g/mol. The van der Waals surface area contributed by atoms with Crippen molar-refractivity contribution in [3.05, 3.63) is 54.0 Å². The molecule has 1 aromatic carbocycles. The summed E-state index contributed by atoms with van der Waals surface area (Å²) in [4.78, 5) is 11.8. The van der Waals surface area contributed by atoms with E-state index in [-0.39, 0.29) is 4.90 Å². The highest BCUT2D eigenvalue weighted by molar-refractivity contribution is 7.89. The van der Waals surface area contributed by atoms with Crippen molar-refractivity contribution in [3.8, 4) is 0 Å². The number of benzene rings is 1. The smallest absolute Gasteiger partial charge is 0.255 e. The number of hydrazone groups is 1. The molecule has 8 heteroatoms. The summed E-state index contributed by atoms with van der Waals surface area (Å²) in [6, 6.07) is 11.5. The summed E-state index contributed by atoms with van der Waals surface area (Å²) in [5, 5.41) is 3.77. The first-order valence-corrected chi connectivity index (χ1v) is 9.40. The van der Waals surface area contributed by atoms with Crippen molar-refractivity contribution in [2.24, 2.45) is 11.0 Å². The van der Waals surface area contributed by atoms with E-state index >= 15 is 0 Å². The second-order valence-electron chi connectivity index (χ2n) is 5.99. The van der Waals surface area contributed by atoms with E-state index in [1.165, 1.54) is 18.3 Å². The first kappa shape index (κ1) is 17.4. The molecule has 0 aliphatic heterocycles. The Hall–Kier alpha value is -2.45. The summed E-state index contributed by atoms with van der Waals surface area (Å²) < 4.78 is 31.8. The molecule has 1 aromatic heterocycles. The molecule has 0 saturated heterocycles. The summed E-state index contributed by atoms with van der Waals surface area (Å²) in [6.45, 7) is 1.76. The van der Waals surface area contributed by atoms with Crippen LogP contribution < -0.4 is 10.1 Å². The molecule has 0 unspecified atom stereocenters. The van der Waals surface area contributed by atoms with Crippen LogP contribution in [0.5, 0.6) is 0 Å². The molecule has 1 amide bonds. The zero-order chi connectivity index (χ0) is 17.9. The predicted octanol–water partition coefficient (Wildman–Crippen LogP) is 1.83. The maximum Gasteiger partial charge on any atom is 0.255 e. The molecule has 1 saturated carbocycles. The van der Waals surface area contributed by atoms with Crippen molar-refractivity contribution in [1.29, 1.82) is 0 Å². The van der Waals surface area contributed by atoms with Crippen LogP contribution in [0.4, 0.5) is 0 Å². The van der Waals surface area contributed by atoms with Crippen molar-refractivity contribution < 1.29 is 17.6 Å². The summed E-state index contributed by atoms with van der Waals surface area (Å²) >= 11 is 0. The fourth-order valence-electron chi connectivity index (χ4n) is 2.41. The quantitative estimate of drug-likeness (QED) is 0.580. The Morgan fingerprint density at radius 2 is 2.00 bits per heavy atom. The van der Waals surface area contributed by atoms with Crippen LogP contribution in [-0.4, -0.2) is 27.1 Å². The summed E-state index contributed by atoms with van der Waals surface area (Å²) in [6.07, 6.45) is 2.52. The third-order valence-corrected chi connectivity index (χ3v) is 5.40. The van der Waals surface area contributed by atoms with E-state index in [0.717, 1.165) is 12.2 Å². The zero-order valence-electron chi connectivity index (χ0n) is 13.7. The van der Waals surface area contributed by atoms with Crippen LogP contribution in [0.15, 0.2) is 56.9 Å². The number of sulfonamides is 1. The Kier molecular flexibility index (Phi) is 5.00. The minimum absolute atomic E-state index is 0.101. The number of carbonyl (C=O) groups excluding carboxylic acids is 1. The van der Waals surface area contributed by atoms with E-state index in [1.54, 1.807) is 24.3 Å². The van der Waals surface area contributed by atoms with Gasteiger partial charge in [0.15, 0.2) is 0 Å². The van der Waals surface area contributed by atoms with E-state index in [2.05, 4.69) is 22.2 Å². The third kappa shape index (κ3) is 4.55. The first-order chi connectivity index (χ1) is 12.0. The molecular weight excluding hydrogens is 342 g/mol. The Morgan fingerprint density at radius 1 is 1.28 bits per heavy atom. The summed E-state index contributed by atoms with van der Waals surface area (Å²) in [7, 11) is -3.72. The van der Waals surface area contributed by atoms with Gasteiger partial charge in [0.25, 0.3) is 5.91 Å². The Bertz CT molecular complexity index is 874. The van der Waals surface area contributed by atoms with E-state index in [0.29, 0.717) is 17.6 Å². The molecule has 1 fully saturated rings. The van der Waals surface area contributed by atoms with Gasteiger partial charge in [0.1, 0.15) is 11.5 Å². The van der Waals surface area contributed by atoms with Gasteiger partial charge in [-0.3, -0.25) is 4.79 Å². The highest BCUT2D eigenvalue weighted by atomic mass is 32.2. The molecular formula is C17H19N3O4S. The van der Waals surface area contributed by atoms with Gasteiger partial charge in [-0.1, -0.05) is 25.1 Å². The van der Waals surface area contributed by atoms with Crippen molar-refractivity contribution in [1.82, 2.24) is 10.1 Å². The van der Waals surface area contributed by atoms with Crippen molar-refractivity contribution in [3.63, 3.8) is 0 Å². The standard InChI is InChI=1S/C17H19N3O4S/c1-12-9-15(12)16-8-7-13(24-16)10-18-20-17(21)11-19-25(22,23)14-5-3-2-4-6-14/h2-8,10,12,15,19H,9,11H2,1H3,(H,20,21)/b18-10-/t12-,15+/m0/s1. The molecule has 2 aromatic rings. The van der Waals surface area contributed by atoms with Crippen molar-refractivity contribution >= 4 is 22.1 Å². The molecule has 0 bridgehead atoms. The molecule has 0 spiro atoms. The largest absolute Gasteiger partial charge is 0.460 e. The number of nitrogens with one attached hydrogen (secondary N) is 2. The van der Waals surface area contributed by atoms with Crippen LogP contribution in [-0.2, 0) is 14.8 Å². The Labute approximate surface area is 146 Å². The van der Waals surface area contributed by atoms with Gasteiger partial charge in [0.2, 0.25) is 10.0 Å². The molecule has 1 aliphatic carbocycles. The van der Waals surface area contributed by atoms with Gasteiger partial charge in [-0.2, -0.15) is 5.10 Å². The topological polar surface area (TPSA) is 101 Å². The molecule has 132 valence electrons. The summed E-state index contributed by atoms with van der Waals surface area (Å²) in [5.41, 5.74) is 2.26. The van der Waals surface area contributed by atoms with Gasteiger partial charge < -0.3 is 4.42 Å². The number of furan rings is 1. The number of amides is 1. The van der Waals surface area contributed by atoms with E-state index < -0.39 is 22.5 Å². The molecule has 1 heterocycles. The maximum atomic E-state index is 12.0. The van der Waals surface area contributed by atoms with E-state index in [4.69, 9.17) is 4.42 Å². The van der Waals surface area contributed by atoms with Gasteiger partial charge in [0.05, 0.1) is 17.7 Å². The monoisotopic (exact) mass is 361 g/mol. The normalized spacial score (nSPS) is 19.9. The van der Waals surface area contributed by atoms with Gasteiger partial charge in [0, 0.05) is 5.92 Å². The number of carbonyl (C=O) groups is 1. The lowest BCUT2D eigenvalue weighted by Crippen LogP contribution is -2.34. The van der Waals surface area contributed by atoms with Gasteiger partial charge >= 0.3 is 0 Å². The van der Waals surface area contributed by atoms with Crippen LogP contribution in [0, 0.1) is 5.92 Å². The molecule has 0 radical (unpaired) electrons. The predicted molar refractivity (Wildman–Crippen MR) is 92.6 cm³/mol. The van der Waals surface area contributed by atoms with Crippen LogP contribution in [0.25, 0.3) is 0 Å². The van der Waals surface area contributed by atoms with Gasteiger partial charge in [-0.05, 0) is 36.6 Å². The van der Waals surface area contributed by atoms with Crippen LogP contribution in [0.3, 0.4) is 0 Å². The number of nitrogens with zero attached hydrogens (tertiary/aromatic N) is 1. The lowest BCUT2D eigenvalue weighted by molar-refractivity contribution is -0.119. The fraction of sp³-hybridized carbons (Fsp3) is 0.294. The SMILES string of the molecule is C[C@H]1C[C@H]1c1ccc(/C=N\NC(=O)CNS(=O)(=O)c2ccccc2)o1. The molecule has 3 rings (SSSR count). The molecule has 2 N–H and O–H groups in total. The molecule has 25 heavy (non-hydrogen) atoms. The van der Waals surface area contributed by atoms with Gasteiger partial charge in [-0.15, -0.1) is 0 Å². The highest BCUT2D eigenvalue weighted by Crippen LogP contribution is 2.47. The molecule has 2 atom stereocenters. The highest BCUT2D eigenvalue weighted by Gasteiger charge is 2.36. The third-order valence-electron chi connectivity index (χ3n) is 3.98.